The molecule has 1 rings (SSSR count). The maximum absolute atomic E-state index is 11.5. The zero-order valence-electron chi connectivity index (χ0n) is 10.7. The van der Waals surface area contributed by atoms with E-state index in [0.717, 1.165) is 25.8 Å². The highest BCUT2D eigenvalue weighted by atomic mass is 16.4. The Balaban J connectivity index is 2.56. The lowest BCUT2D eigenvalue weighted by molar-refractivity contribution is -0.138. The van der Waals surface area contributed by atoms with E-state index in [9.17, 15) is 9.59 Å². The molecule has 1 aliphatic rings. The summed E-state index contributed by atoms with van der Waals surface area (Å²) in [5.41, 5.74) is 0. The van der Waals surface area contributed by atoms with Gasteiger partial charge in [-0.15, -0.1) is 0 Å². The third-order valence-corrected chi connectivity index (χ3v) is 3.31. The molecule has 0 unspecified atom stereocenters. The molecule has 0 bridgehead atoms. The number of carbonyl (C=O) groups is 2. The monoisotopic (exact) mass is 242 g/mol. The number of aliphatic carboxylic acids is 1. The molecule has 0 aromatic carbocycles. The minimum absolute atomic E-state index is 0.0543. The van der Waals surface area contributed by atoms with E-state index in [-0.39, 0.29) is 18.5 Å². The summed E-state index contributed by atoms with van der Waals surface area (Å²) >= 11 is 0. The topological polar surface area (TPSA) is 60.9 Å². The summed E-state index contributed by atoms with van der Waals surface area (Å²) in [4.78, 5) is 26.0. The molecular formula is C12H22N2O3. The van der Waals surface area contributed by atoms with Gasteiger partial charge in [0.2, 0.25) is 5.91 Å². The number of rotatable bonds is 5. The molecule has 1 amide bonds. The van der Waals surface area contributed by atoms with Crippen LogP contribution in [0.5, 0.6) is 0 Å². The smallest absolute Gasteiger partial charge is 0.317 e. The van der Waals surface area contributed by atoms with Crippen molar-refractivity contribution in [3.8, 4) is 0 Å². The Labute approximate surface area is 102 Å². The predicted octanol–water partition coefficient (Wildman–Crippen LogP) is 0.794. The van der Waals surface area contributed by atoms with Crippen LogP contribution < -0.4 is 0 Å². The molecule has 1 saturated heterocycles. The van der Waals surface area contributed by atoms with Crippen molar-refractivity contribution in [3.63, 3.8) is 0 Å². The van der Waals surface area contributed by atoms with Gasteiger partial charge in [-0.3, -0.25) is 14.5 Å². The maximum atomic E-state index is 11.5. The second kappa shape index (κ2) is 6.59. The van der Waals surface area contributed by atoms with Crippen molar-refractivity contribution in [1.29, 1.82) is 0 Å². The third kappa shape index (κ3) is 4.34. The van der Waals surface area contributed by atoms with Crippen LogP contribution >= 0.6 is 0 Å². The van der Waals surface area contributed by atoms with E-state index in [2.05, 4.69) is 0 Å². The van der Waals surface area contributed by atoms with Gasteiger partial charge in [-0.05, 0) is 25.8 Å². The van der Waals surface area contributed by atoms with Crippen LogP contribution in [0.25, 0.3) is 0 Å². The molecule has 1 atom stereocenters. The van der Waals surface area contributed by atoms with E-state index in [0.29, 0.717) is 13.1 Å². The highest BCUT2D eigenvalue weighted by molar-refractivity contribution is 5.73. The fraction of sp³-hybridized carbons (Fsp3) is 0.833. The number of nitrogens with zero attached hydrogens (tertiary/aromatic N) is 2. The highest BCUT2D eigenvalue weighted by Gasteiger charge is 2.26. The molecule has 17 heavy (non-hydrogen) atoms. The van der Waals surface area contributed by atoms with E-state index in [1.54, 1.807) is 6.92 Å². The van der Waals surface area contributed by atoms with E-state index < -0.39 is 5.97 Å². The second-order valence-corrected chi connectivity index (χ2v) is 4.58. The average Bonchev–Trinajstić information content (AvgIpc) is 2.28. The van der Waals surface area contributed by atoms with Gasteiger partial charge in [0.1, 0.15) is 0 Å². The number of amides is 1. The molecule has 1 fully saturated rings. The van der Waals surface area contributed by atoms with Gasteiger partial charge in [0, 0.05) is 26.1 Å². The van der Waals surface area contributed by atoms with E-state index in [1.807, 2.05) is 16.7 Å². The number of hydrogen-bond acceptors (Lipinski definition) is 3. The SMILES string of the molecule is CCN(CC(=O)O)C[C@H]1CCCCN1C(C)=O. The third-order valence-electron chi connectivity index (χ3n) is 3.31. The molecule has 1 aliphatic heterocycles. The Kier molecular flexibility index (Phi) is 5.41. The number of carboxylic acids is 1. The molecule has 0 saturated carbocycles. The molecular weight excluding hydrogens is 220 g/mol. The first-order chi connectivity index (χ1) is 8.04. The van der Waals surface area contributed by atoms with Crippen molar-refractivity contribution in [2.45, 2.75) is 39.2 Å². The van der Waals surface area contributed by atoms with Crippen LogP contribution in [0.3, 0.4) is 0 Å². The van der Waals surface area contributed by atoms with E-state index in [4.69, 9.17) is 5.11 Å². The number of likely N-dealkylation sites (N-methyl/N-ethyl adjacent to an activating group) is 1. The first-order valence-corrected chi connectivity index (χ1v) is 6.26. The lowest BCUT2D eigenvalue weighted by Gasteiger charge is -2.37. The number of carbonyl (C=O) groups excluding carboxylic acids is 1. The fourth-order valence-corrected chi connectivity index (χ4v) is 2.40. The average molecular weight is 242 g/mol. The molecule has 0 aromatic rings. The van der Waals surface area contributed by atoms with E-state index in [1.165, 1.54) is 0 Å². The molecule has 0 radical (unpaired) electrons. The van der Waals surface area contributed by atoms with Crippen LogP contribution in [0.2, 0.25) is 0 Å². The summed E-state index contributed by atoms with van der Waals surface area (Å²) in [5.74, 6) is -0.710. The number of hydrogen-bond donors (Lipinski definition) is 1. The van der Waals surface area contributed by atoms with Crippen molar-refractivity contribution >= 4 is 11.9 Å². The Morgan fingerprint density at radius 3 is 2.65 bits per heavy atom. The van der Waals surface area contributed by atoms with Gasteiger partial charge < -0.3 is 10.0 Å². The maximum Gasteiger partial charge on any atom is 0.317 e. The predicted molar refractivity (Wildman–Crippen MR) is 64.8 cm³/mol. The van der Waals surface area contributed by atoms with Crippen LogP contribution in [0.4, 0.5) is 0 Å². The minimum atomic E-state index is -0.808. The Morgan fingerprint density at radius 2 is 2.12 bits per heavy atom. The number of likely N-dealkylation sites (tertiary alicyclic amines) is 1. The van der Waals surface area contributed by atoms with Crippen molar-refractivity contribution in [2.24, 2.45) is 0 Å². The molecule has 0 aliphatic carbocycles. The van der Waals surface area contributed by atoms with Crippen molar-refractivity contribution < 1.29 is 14.7 Å². The summed E-state index contributed by atoms with van der Waals surface area (Å²) in [6.07, 6.45) is 3.16. The first-order valence-electron chi connectivity index (χ1n) is 6.26. The van der Waals surface area contributed by atoms with E-state index >= 15 is 0 Å². The van der Waals surface area contributed by atoms with Gasteiger partial charge in [-0.2, -0.15) is 0 Å². The highest BCUT2D eigenvalue weighted by Crippen LogP contribution is 2.18. The summed E-state index contributed by atoms with van der Waals surface area (Å²) in [6.45, 7) is 5.77. The number of carboxylic acid groups (broad SMARTS) is 1. The summed E-state index contributed by atoms with van der Waals surface area (Å²) in [7, 11) is 0. The summed E-state index contributed by atoms with van der Waals surface area (Å²) in [5, 5.41) is 8.80. The Morgan fingerprint density at radius 1 is 1.41 bits per heavy atom. The van der Waals surface area contributed by atoms with Gasteiger partial charge in [0.25, 0.3) is 0 Å². The molecule has 0 aromatic heterocycles. The Hall–Kier alpha value is -1.10. The van der Waals surface area contributed by atoms with Gasteiger partial charge in [-0.1, -0.05) is 6.92 Å². The second-order valence-electron chi connectivity index (χ2n) is 4.58. The summed E-state index contributed by atoms with van der Waals surface area (Å²) < 4.78 is 0. The van der Waals surface area contributed by atoms with Gasteiger partial charge in [0.15, 0.2) is 0 Å². The van der Waals surface area contributed by atoms with Gasteiger partial charge in [0.05, 0.1) is 6.54 Å². The van der Waals surface area contributed by atoms with Crippen molar-refractivity contribution in [1.82, 2.24) is 9.80 Å². The van der Waals surface area contributed by atoms with Crippen LogP contribution in [0.15, 0.2) is 0 Å². The van der Waals surface area contributed by atoms with Crippen LogP contribution in [0, 0.1) is 0 Å². The molecule has 98 valence electrons. The Bertz CT molecular complexity index is 281. The summed E-state index contributed by atoms with van der Waals surface area (Å²) in [6, 6.07) is 0.181. The van der Waals surface area contributed by atoms with Crippen LogP contribution in [0.1, 0.15) is 33.1 Å². The minimum Gasteiger partial charge on any atom is -0.480 e. The van der Waals surface area contributed by atoms with Crippen LogP contribution in [-0.2, 0) is 9.59 Å². The first kappa shape index (κ1) is 14.0. The molecule has 1 heterocycles. The molecule has 5 heteroatoms. The molecule has 1 N–H and O–H groups in total. The molecule has 5 nitrogen and oxygen atoms in total. The van der Waals surface area contributed by atoms with Crippen LogP contribution in [-0.4, -0.2) is 59.0 Å². The normalized spacial score (nSPS) is 20.6. The fourth-order valence-electron chi connectivity index (χ4n) is 2.40. The van der Waals surface area contributed by atoms with Crippen molar-refractivity contribution in [3.05, 3.63) is 0 Å². The zero-order valence-corrected chi connectivity index (χ0v) is 10.7. The lowest BCUT2D eigenvalue weighted by Crippen LogP contribution is -2.49. The molecule has 0 spiro atoms. The zero-order chi connectivity index (χ0) is 12.8. The lowest BCUT2D eigenvalue weighted by atomic mass is 10.0. The van der Waals surface area contributed by atoms with Gasteiger partial charge >= 0.3 is 5.97 Å². The van der Waals surface area contributed by atoms with Crippen molar-refractivity contribution in [2.75, 3.05) is 26.2 Å². The number of piperidine rings is 1. The van der Waals surface area contributed by atoms with Gasteiger partial charge in [-0.25, -0.2) is 0 Å². The quantitative estimate of drug-likeness (QED) is 0.774. The largest absolute Gasteiger partial charge is 0.480 e. The standard InChI is InChI=1S/C12H22N2O3/c1-3-13(9-12(16)17)8-11-6-4-5-7-14(11)10(2)15/h11H,3-9H2,1-2H3,(H,16,17)/t11-/m1/s1.